The van der Waals surface area contributed by atoms with Crippen LogP contribution in [0.2, 0.25) is 0 Å². The van der Waals surface area contributed by atoms with Crippen LogP contribution in [0.25, 0.3) is 11.3 Å². The molecule has 0 unspecified atom stereocenters. The van der Waals surface area contributed by atoms with E-state index in [1.807, 2.05) is 6.92 Å². The smallest absolute Gasteiger partial charge is 0.237 e. The molecule has 0 saturated carbocycles. The van der Waals surface area contributed by atoms with Crippen LogP contribution in [-0.2, 0) is 22.8 Å². The van der Waals surface area contributed by atoms with Gasteiger partial charge in [-0.1, -0.05) is 6.07 Å². The third-order valence-electron chi connectivity index (χ3n) is 5.66. The summed E-state index contributed by atoms with van der Waals surface area (Å²) in [4.78, 5) is 14.3. The molecule has 2 aliphatic rings. The number of fused-ring (bicyclic) bond motifs is 2. The molecule has 32 heavy (non-hydrogen) atoms. The molecule has 3 aromatic rings. The summed E-state index contributed by atoms with van der Waals surface area (Å²) in [5.41, 5.74) is 6.31. The Labute approximate surface area is 186 Å². The van der Waals surface area contributed by atoms with Gasteiger partial charge >= 0.3 is 0 Å². The number of pyridine rings is 1. The van der Waals surface area contributed by atoms with Crippen LogP contribution in [0.15, 0.2) is 35.4 Å². The fraction of sp³-hybridized carbons (Fsp3) is 0.318. The maximum atomic E-state index is 11.9. The van der Waals surface area contributed by atoms with Gasteiger partial charge in [0.1, 0.15) is 12.3 Å². The topological polar surface area (TPSA) is 118 Å². The van der Waals surface area contributed by atoms with Gasteiger partial charge in [-0.05, 0) is 43.7 Å². The standard InChI is InChI=1S/C22H24N6O3S/c1-13-17(11-25-21-19(13)24-8-9-31-21)20-16-6-7-23-12-18(16)27-22(28-20)26-14-4-3-5-15(10-14)32(2,29)30/h3-5,10-11,23-24H,6-9,12H2,1-2H3,(H,26,27,28). The number of nitrogens with zero attached hydrogens (tertiary/aromatic N) is 3. The van der Waals surface area contributed by atoms with E-state index in [1.54, 1.807) is 30.5 Å². The first kappa shape index (κ1) is 20.7. The number of sulfone groups is 1. The fourth-order valence-corrected chi connectivity index (χ4v) is 4.70. The Hall–Kier alpha value is -3.24. The van der Waals surface area contributed by atoms with E-state index in [1.165, 1.54) is 6.26 Å². The van der Waals surface area contributed by atoms with Gasteiger partial charge in [0.05, 0.1) is 16.3 Å². The Morgan fingerprint density at radius 3 is 2.91 bits per heavy atom. The molecular weight excluding hydrogens is 428 g/mol. The van der Waals surface area contributed by atoms with Gasteiger partial charge in [-0.3, -0.25) is 0 Å². The van der Waals surface area contributed by atoms with Crippen molar-refractivity contribution in [1.82, 2.24) is 20.3 Å². The number of hydrogen-bond acceptors (Lipinski definition) is 9. The first-order valence-electron chi connectivity index (χ1n) is 10.4. The predicted octanol–water partition coefficient (Wildman–Crippen LogP) is 2.44. The lowest BCUT2D eigenvalue weighted by Crippen LogP contribution is -2.26. The second kappa shape index (κ2) is 8.03. The lowest BCUT2D eigenvalue weighted by Gasteiger charge is -2.24. The van der Waals surface area contributed by atoms with Crippen LogP contribution in [0.4, 0.5) is 17.3 Å². The van der Waals surface area contributed by atoms with Crippen molar-refractivity contribution in [2.45, 2.75) is 24.8 Å². The number of aromatic nitrogens is 3. The number of hydrogen-bond donors (Lipinski definition) is 3. The van der Waals surface area contributed by atoms with Crippen molar-refractivity contribution in [1.29, 1.82) is 0 Å². The summed E-state index contributed by atoms with van der Waals surface area (Å²) >= 11 is 0. The van der Waals surface area contributed by atoms with Crippen LogP contribution in [0.5, 0.6) is 5.88 Å². The van der Waals surface area contributed by atoms with E-state index >= 15 is 0 Å². The normalized spacial score (nSPS) is 15.2. The molecule has 0 aliphatic carbocycles. The summed E-state index contributed by atoms with van der Waals surface area (Å²) in [6.45, 7) is 4.85. The molecule has 0 radical (unpaired) electrons. The molecule has 9 nitrogen and oxygen atoms in total. The minimum Gasteiger partial charge on any atom is -0.474 e. The molecule has 10 heteroatoms. The van der Waals surface area contributed by atoms with Crippen molar-refractivity contribution >= 4 is 27.2 Å². The van der Waals surface area contributed by atoms with Crippen molar-refractivity contribution in [2.24, 2.45) is 0 Å². The Kier molecular flexibility index (Phi) is 5.18. The Balaban J connectivity index is 1.60. The fourth-order valence-electron chi connectivity index (χ4n) is 4.03. The highest BCUT2D eigenvalue weighted by Crippen LogP contribution is 2.37. The lowest BCUT2D eigenvalue weighted by molar-refractivity contribution is 0.310. The number of anilines is 3. The molecule has 0 spiro atoms. The van der Waals surface area contributed by atoms with Gasteiger partial charge in [-0.15, -0.1) is 0 Å². The third kappa shape index (κ3) is 3.87. The van der Waals surface area contributed by atoms with Crippen LogP contribution in [0, 0.1) is 6.92 Å². The number of benzene rings is 1. The third-order valence-corrected chi connectivity index (χ3v) is 6.77. The highest BCUT2D eigenvalue weighted by molar-refractivity contribution is 7.90. The summed E-state index contributed by atoms with van der Waals surface area (Å²) in [5, 5.41) is 9.92. The average molecular weight is 453 g/mol. The van der Waals surface area contributed by atoms with Gasteiger partial charge < -0.3 is 20.7 Å². The van der Waals surface area contributed by atoms with Gasteiger partial charge in [0, 0.05) is 42.4 Å². The zero-order valence-electron chi connectivity index (χ0n) is 17.9. The molecule has 0 atom stereocenters. The molecule has 1 aromatic carbocycles. The van der Waals surface area contributed by atoms with Crippen LogP contribution in [-0.4, -0.2) is 49.3 Å². The van der Waals surface area contributed by atoms with Crippen LogP contribution < -0.4 is 20.7 Å². The minimum atomic E-state index is -3.32. The van der Waals surface area contributed by atoms with Gasteiger partial charge in [0.25, 0.3) is 0 Å². The van der Waals surface area contributed by atoms with Crippen molar-refractivity contribution < 1.29 is 13.2 Å². The first-order valence-corrected chi connectivity index (χ1v) is 12.3. The van der Waals surface area contributed by atoms with E-state index in [4.69, 9.17) is 14.7 Å². The average Bonchev–Trinajstić information content (AvgIpc) is 2.79. The molecule has 4 heterocycles. The van der Waals surface area contributed by atoms with Gasteiger partial charge in [0.2, 0.25) is 11.8 Å². The van der Waals surface area contributed by atoms with Crippen molar-refractivity contribution in [3.05, 3.63) is 47.3 Å². The number of rotatable bonds is 4. The first-order chi connectivity index (χ1) is 15.4. The molecule has 0 fully saturated rings. The summed E-state index contributed by atoms with van der Waals surface area (Å²) in [6, 6.07) is 6.65. The SMILES string of the molecule is Cc1c(-c2nc(Nc3cccc(S(C)(=O)=O)c3)nc3c2CCNC3)cnc2c1NCCO2. The quantitative estimate of drug-likeness (QED) is 0.548. The summed E-state index contributed by atoms with van der Waals surface area (Å²) < 4.78 is 29.5. The second-order valence-corrected chi connectivity index (χ2v) is 9.94. The number of ether oxygens (including phenoxy) is 1. The van der Waals surface area contributed by atoms with Crippen LogP contribution in [0.3, 0.4) is 0 Å². The second-order valence-electron chi connectivity index (χ2n) is 7.93. The molecule has 0 bridgehead atoms. The van der Waals surface area contributed by atoms with Crippen molar-refractivity contribution in [3.8, 4) is 17.1 Å². The molecule has 2 aromatic heterocycles. The van der Waals surface area contributed by atoms with Gasteiger partial charge in [-0.2, -0.15) is 0 Å². The summed E-state index contributed by atoms with van der Waals surface area (Å²) in [7, 11) is -3.32. The van der Waals surface area contributed by atoms with E-state index in [0.29, 0.717) is 30.7 Å². The molecule has 5 rings (SSSR count). The molecular formula is C22H24N6O3S. The highest BCUT2D eigenvalue weighted by atomic mass is 32.2. The van der Waals surface area contributed by atoms with Gasteiger partial charge in [-0.25, -0.2) is 23.4 Å². The Morgan fingerprint density at radius 2 is 2.06 bits per heavy atom. The number of nitrogens with one attached hydrogen (secondary N) is 3. The molecule has 2 aliphatic heterocycles. The lowest BCUT2D eigenvalue weighted by atomic mass is 9.97. The maximum absolute atomic E-state index is 11.9. The van der Waals surface area contributed by atoms with Crippen LogP contribution in [0.1, 0.15) is 16.8 Å². The summed E-state index contributed by atoms with van der Waals surface area (Å²) in [6.07, 6.45) is 3.81. The van der Waals surface area contributed by atoms with Gasteiger partial charge in [0.15, 0.2) is 9.84 Å². The molecule has 0 amide bonds. The van der Waals surface area contributed by atoms with E-state index in [-0.39, 0.29) is 4.90 Å². The van der Waals surface area contributed by atoms with Crippen molar-refractivity contribution in [2.75, 3.05) is 36.6 Å². The highest BCUT2D eigenvalue weighted by Gasteiger charge is 2.23. The zero-order chi connectivity index (χ0) is 22.3. The summed E-state index contributed by atoms with van der Waals surface area (Å²) in [5.74, 6) is 1.02. The van der Waals surface area contributed by atoms with E-state index in [2.05, 4.69) is 20.9 Å². The van der Waals surface area contributed by atoms with Crippen LogP contribution >= 0.6 is 0 Å². The van der Waals surface area contributed by atoms with E-state index < -0.39 is 9.84 Å². The largest absolute Gasteiger partial charge is 0.474 e. The Morgan fingerprint density at radius 1 is 1.19 bits per heavy atom. The van der Waals surface area contributed by atoms with E-state index in [0.717, 1.165) is 53.3 Å². The molecule has 0 saturated heterocycles. The van der Waals surface area contributed by atoms with Crippen molar-refractivity contribution in [3.63, 3.8) is 0 Å². The minimum absolute atomic E-state index is 0.239. The van der Waals surface area contributed by atoms with E-state index in [9.17, 15) is 8.42 Å². The molecule has 3 N–H and O–H groups in total. The predicted molar refractivity (Wildman–Crippen MR) is 122 cm³/mol. The maximum Gasteiger partial charge on any atom is 0.237 e. The zero-order valence-corrected chi connectivity index (χ0v) is 18.7. The molecule has 166 valence electrons. The Bertz CT molecular complexity index is 1310. The monoisotopic (exact) mass is 452 g/mol.